The van der Waals surface area contributed by atoms with E-state index in [4.69, 9.17) is 10.9 Å². The summed E-state index contributed by atoms with van der Waals surface area (Å²) in [5.74, 6) is 0. The fourth-order valence-electron chi connectivity index (χ4n) is 2.24. The maximum absolute atomic E-state index is 11.4. The summed E-state index contributed by atoms with van der Waals surface area (Å²) >= 11 is 0. The molecule has 5 nitrogen and oxygen atoms in total. The van der Waals surface area contributed by atoms with Gasteiger partial charge in [-0.2, -0.15) is 0 Å². The van der Waals surface area contributed by atoms with Crippen molar-refractivity contribution in [2.24, 2.45) is 10.9 Å². The van der Waals surface area contributed by atoms with E-state index in [1.165, 1.54) is 0 Å². The van der Waals surface area contributed by atoms with Gasteiger partial charge in [0, 0.05) is 11.0 Å². The van der Waals surface area contributed by atoms with Crippen molar-refractivity contribution in [3.63, 3.8) is 0 Å². The molecule has 1 heterocycles. The molecule has 0 spiro atoms. The van der Waals surface area contributed by atoms with E-state index >= 15 is 0 Å². The van der Waals surface area contributed by atoms with Crippen LogP contribution in [0.5, 0.6) is 0 Å². The fraction of sp³-hybridized carbons (Fsp3) is 0.455. The molecule has 0 saturated carbocycles. The Labute approximate surface area is 100 Å². The standard InChI is InChI=1S/C11H17N3O2S/c1-7-9(4-5-12)10-6-8(17(13,15)16)2-3-11(10)14-7/h3,6,8,14H,2,4-5,12H2,1H3,(H2,13,15,16). The normalized spacial score (nSPS) is 19.4. The first-order chi connectivity index (χ1) is 7.93. The molecule has 1 atom stereocenters. The number of hydrogen-bond donors (Lipinski definition) is 3. The molecule has 1 unspecified atom stereocenters. The Balaban J connectivity index is 2.61. The van der Waals surface area contributed by atoms with Gasteiger partial charge in [-0.25, -0.2) is 13.6 Å². The zero-order valence-electron chi connectivity index (χ0n) is 9.73. The summed E-state index contributed by atoms with van der Waals surface area (Å²) in [4.78, 5) is 3.24. The maximum atomic E-state index is 11.4. The van der Waals surface area contributed by atoms with Crippen molar-refractivity contribution in [3.05, 3.63) is 21.8 Å². The van der Waals surface area contributed by atoms with Crippen LogP contribution < -0.4 is 21.4 Å². The third-order valence-corrected chi connectivity index (χ3v) is 4.29. The van der Waals surface area contributed by atoms with Gasteiger partial charge in [-0.05, 0) is 37.1 Å². The molecule has 2 rings (SSSR count). The molecule has 1 aromatic heterocycles. The average Bonchev–Trinajstić information content (AvgIpc) is 2.54. The summed E-state index contributed by atoms with van der Waals surface area (Å²) in [5, 5.41) is 6.48. The van der Waals surface area contributed by atoms with Gasteiger partial charge >= 0.3 is 0 Å². The van der Waals surface area contributed by atoms with Gasteiger partial charge in [-0.1, -0.05) is 12.2 Å². The van der Waals surface area contributed by atoms with Crippen molar-refractivity contribution in [2.45, 2.75) is 25.0 Å². The first kappa shape index (κ1) is 12.3. The van der Waals surface area contributed by atoms with Crippen molar-refractivity contribution in [3.8, 4) is 0 Å². The zero-order chi connectivity index (χ0) is 12.6. The molecule has 0 radical (unpaired) electrons. The summed E-state index contributed by atoms with van der Waals surface area (Å²) in [5.41, 5.74) is 7.70. The largest absolute Gasteiger partial charge is 0.359 e. The van der Waals surface area contributed by atoms with Crippen LogP contribution in [0.2, 0.25) is 0 Å². The molecule has 6 heteroatoms. The van der Waals surface area contributed by atoms with Gasteiger partial charge in [-0.15, -0.1) is 0 Å². The molecular formula is C11H17N3O2S. The lowest BCUT2D eigenvalue weighted by Crippen LogP contribution is -2.37. The monoisotopic (exact) mass is 255 g/mol. The smallest absolute Gasteiger partial charge is 0.215 e. The lowest BCUT2D eigenvalue weighted by Gasteiger charge is -2.10. The lowest BCUT2D eigenvalue weighted by atomic mass is 10.1. The van der Waals surface area contributed by atoms with Crippen molar-refractivity contribution < 1.29 is 8.42 Å². The second kappa shape index (κ2) is 4.29. The Hall–Kier alpha value is -1.11. The van der Waals surface area contributed by atoms with Gasteiger partial charge in [0.1, 0.15) is 0 Å². The quantitative estimate of drug-likeness (QED) is 0.609. The number of rotatable bonds is 3. The second-order valence-electron chi connectivity index (χ2n) is 4.33. The van der Waals surface area contributed by atoms with Crippen LogP contribution in [0.4, 0.5) is 0 Å². The van der Waals surface area contributed by atoms with Crippen molar-refractivity contribution in [1.29, 1.82) is 0 Å². The Bertz CT molecular complexity index is 643. The third-order valence-electron chi connectivity index (χ3n) is 3.11. The number of sulfonamides is 1. The highest BCUT2D eigenvalue weighted by Gasteiger charge is 2.21. The number of hydrogen-bond acceptors (Lipinski definition) is 3. The minimum absolute atomic E-state index is 0.424. The van der Waals surface area contributed by atoms with E-state index < -0.39 is 15.3 Å². The van der Waals surface area contributed by atoms with E-state index in [2.05, 4.69) is 4.98 Å². The van der Waals surface area contributed by atoms with Crippen LogP contribution in [-0.4, -0.2) is 25.2 Å². The third kappa shape index (κ3) is 2.29. The van der Waals surface area contributed by atoms with Gasteiger partial charge in [0.05, 0.1) is 5.25 Å². The first-order valence-electron chi connectivity index (χ1n) is 5.54. The molecule has 5 N–H and O–H groups in total. The number of nitrogens with two attached hydrogens (primary N) is 2. The average molecular weight is 255 g/mol. The Kier molecular flexibility index (Phi) is 3.11. The molecule has 1 aliphatic carbocycles. The van der Waals surface area contributed by atoms with Crippen LogP contribution in [0.25, 0.3) is 12.2 Å². The molecular weight excluding hydrogens is 238 g/mol. The molecule has 1 aliphatic rings. The van der Waals surface area contributed by atoms with Crippen LogP contribution in [-0.2, 0) is 16.4 Å². The van der Waals surface area contributed by atoms with Crippen molar-refractivity contribution in [2.75, 3.05) is 6.54 Å². The summed E-state index contributed by atoms with van der Waals surface area (Å²) in [7, 11) is -3.52. The van der Waals surface area contributed by atoms with Gasteiger partial charge in [0.15, 0.2) is 0 Å². The number of aryl methyl sites for hydroxylation is 1. The van der Waals surface area contributed by atoms with Gasteiger partial charge in [0.2, 0.25) is 10.0 Å². The van der Waals surface area contributed by atoms with E-state index in [1.54, 1.807) is 6.08 Å². The van der Waals surface area contributed by atoms with Gasteiger partial charge < -0.3 is 10.7 Å². The Morgan fingerprint density at radius 1 is 1.53 bits per heavy atom. The zero-order valence-corrected chi connectivity index (χ0v) is 10.5. The van der Waals surface area contributed by atoms with E-state index in [-0.39, 0.29) is 0 Å². The topological polar surface area (TPSA) is 102 Å². The van der Waals surface area contributed by atoms with Crippen LogP contribution >= 0.6 is 0 Å². The van der Waals surface area contributed by atoms with Crippen molar-refractivity contribution >= 4 is 22.2 Å². The van der Waals surface area contributed by atoms with Crippen LogP contribution in [0.3, 0.4) is 0 Å². The highest BCUT2D eigenvalue weighted by Crippen LogP contribution is 2.09. The molecule has 94 valence electrons. The lowest BCUT2D eigenvalue weighted by molar-refractivity contribution is 0.592. The Morgan fingerprint density at radius 3 is 2.82 bits per heavy atom. The molecule has 0 saturated heterocycles. The summed E-state index contributed by atoms with van der Waals surface area (Å²) < 4.78 is 22.7. The van der Waals surface area contributed by atoms with E-state index in [1.807, 2.05) is 13.0 Å². The minimum Gasteiger partial charge on any atom is -0.359 e. The molecule has 0 fully saturated rings. The van der Waals surface area contributed by atoms with Crippen LogP contribution in [0, 0.1) is 6.92 Å². The molecule has 0 aliphatic heterocycles. The van der Waals surface area contributed by atoms with E-state index in [0.717, 1.165) is 28.2 Å². The van der Waals surface area contributed by atoms with Crippen molar-refractivity contribution in [1.82, 2.24) is 4.98 Å². The predicted octanol–water partition coefficient (Wildman–Crippen LogP) is -1.55. The van der Waals surface area contributed by atoms with Crippen LogP contribution in [0.1, 0.15) is 17.7 Å². The van der Waals surface area contributed by atoms with E-state index in [9.17, 15) is 8.42 Å². The summed E-state index contributed by atoms with van der Waals surface area (Å²) in [6.07, 6.45) is 4.78. The highest BCUT2D eigenvalue weighted by molar-refractivity contribution is 7.90. The number of fused-ring (bicyclic) bond motifs is 1. The predicted molar refractivity (Wildman–Crippen MR) is 68.0 cm³/mol. The van der Waals surface area contributed by atoms with Gasteiger partial charge in [-0.3, -0.25) is 0 Å². The number of aromatic amines is 1. The minimum atomic E-state index is -3.52. The molecule has 0 aromatic carbocycles. The number of primary sulfonamides is 1. The molecule has 17 heavy (non-hydrogen) atoms. The SMILES string of the molecule is Cc1[nH]c2c(c1CCN)=CC(S(N)(=O)=O)CC=2. The first-order valence-corrected chi connectivity index (χ1v) is 7.15. The molecule has 0 amide bonds. The van der Waals surface area contributed by atoms with Gasteiger partial charge in [0.25, 0.3) is 0 Å². The maximum Gasteiger partial charge on any atom is 0.215 e. The number of H-pyrrole nitrogens is 1. The van der Waals surface area contributed by atoms with Crippen LogP contribution in [0.15, 0.2) is 0 Å². The van der Waals surface area contributed by atoms with E-state index in [0.29, 0.717) is 13.0 Å². The summed E-state index contributed by atoms with van der Waals surface area (Å²) in [6, 6.07) is 0. The summed E-state index contributed by atoms with van der Waals surface area (Å²) in [6.45, 7) is 2.51. The fourth-order valence-corrected chi connectivity index (χ4v) is 2.93. The number of aromatic nitrogens is 1. The molecule has 1 aromatic rings. The Morgan fingerprint density at radius 2 is 2.24 bits per heavy atom. The molecule has 0 bridgehead atoms. The highest BCUT2D eigenvalue weighted by atomic mass is 32.2. The second-order valence-corrected chi connectivity index (χ2v) is 6.11. The number of nitrogens with one attached hydrogen (secondary N) is 1.